The maximum Gasteiger partial charge on any atom is 0.254 e. The van der Waals surface area contributed by atoms with Crippen molar-refractivity contribution in [1.82, 2.24) is 20.1 Å². The molecule has 1 N–H and O–H groups in total. The first kappa shape index (κ1) is 17.8. The van der Waals surface area contributed by atoms with Gasteiger partial charge in [0.1, 0.15) is 0 Å². The van der Waals surface area contributed by atoms with Crippen molar-refractivity contribution in [2.45, 2.75) is 12.5 Å². The molecule has 28 heavy (non-hydrogen) atoms. The molecule has 2 fully saturated rings. The van der Waals surface area contributed by atoms with E-state index < -0.39 is 0 Å². The van der Waals surface area contributed by atoms with Gasteiger partial charge in [-0.2, -0.15) is 0 Å². The fourth-order valence-corrected chi connectivity index (χ4v) is 5.03. The number of likely N-dealkylation sites (tertiary alicyclic amines) is 1. The number of piperazine rings is 1. The van der Waals surface area contributed by atoms with E-state index in [0.29, 0.717) is 6.04 Å². The van der Waals surface area contributed by atoms with E-state index in [1.807, 2.05) is 46.7 Å². The number of carbonyl (C=O) groups excluding carboxylic acids is 1. The van der Waals surface area contributed by atoms with Gasteiger partial charge in [-0.1, -0.05) is 24.3 Å². The van der Waals surface area contributed by atoms with Crippen molar-refractivity contribution in [3.05, 3.63) is 53.4 Å². The fourth-order valence-electron chi connectivity index (χ4n) is 4.34. The molecule has 2 aliphatic rings. The highest BCUT2D eigenvalue weighted by Gasteiger charge is 2.32. The molecule has 4 heterocycles. The second-order valence-corrected chi connectivity index (χ2v) is 8.48. The number of para-hydroxylation sites is 1. The van der Waals surface area contributed by atoms with E-state index in [-0.39, 0.29) is 5.91 Å². The quantitative estimate of drug-likeness (QED) is 0.744. The molecule has 1 aromatic carbocycles. The minimum absolute atomic E-state index is 0.133. The zero-order valence-electron chi connectivity index (χ0n) is 15.8. The molecule has 1 amide bonds. The first-order valence-electron chi connectivity index (χ1n) is 9.97. The zero-order valence-corrected chi connectivity index (χ0v) is 16.6. The van der Waals surface area contributed by atoms with E-state index in [9.17, 15) is 4.79 Å². The Kier molecular flexibility index (Phi) is 4.84. The average Bonchev–Trinajstić information content (AvgIpc) is 3.45. The smallest absolute Gasteiger partial charge is 0.254 e. The Morgan fingerprint density at radius 1 is 1.11 bits per heavy atom. The lowest BCUT2D eigenvalue weighted by molar-refractivity contribution is 0.0775. The van der Waals surface area contributed by atoms with Crippen LogP contribution in [0.5, 0.6) is 0 Å². The summed E-state index contributed by atoms with van der Waals surface area (Å²) in [6.07, 6.45) is 1.06. The Morgan fingerprint density at radius 3 is 2.79 bits per heavy atom. The van der Waals surface area contributed by atoms with Crippen molar-refractivity contribution in [2.24, 2.45) is 0 Å². The van der Waals surface area contributed by atoms with E-state index in [1.54, 1.807) is 11.3 Å². The predicted octanol–water partition coefficient (Wildman–Crippen LogP) is 3.08. The van der Waals surface area contributed by atoms with Crippen molar-refractivity contribution < 1.29 is 4.79 Å². The molecule has 0 bridgehead atoms. The Balaban J connectivity index is 1.46. The van der Waals surface area contributed by atoms with Gasteiger partial charge in [0, 0.05) is 50.7 Å². The van der Waals surface area contributed by atoms with Crippen molar-refractivity contribution in [3.63, 3.8) is 0 Å². The summed E-state index contributed by atoms with van der Waals surface area (Å²) in [6, 6.07) is 14.5. The second-order valence-electron chi connectivity index (χ2n) is 7.53. The fraction of sp³-hybridized carbons (Fsp3) is 0.364. The largest absolute Gasteiger partial charge is 0.337 e. The van der Waals surface area contributed by atoms with Gasteiger partial charge in [-0.25, -0.2) is 4.98 Å². The van der Waals surface area contributed by atoms with Gasteiger partial charge in [-0.3, -0.25) is 9.69 Å². The topological polar surface area (TPSA) is 48.5 Å². The summed E-state index contributed by atoms with van der Waals surface area (Å²) in [5.74, 6) is 0.133. The molecule has 5 rings (SSSR count). The molecule has 0 radical (unpaired) electrons. The lowest BCUT2D eigenvalue weighted by atomic mass is 10.1. The highest BCUT2D eigenvalue weighted by molar-refractivity contribution is 7.13. The van der Waals surface area contributed by atoms with E-state index >= 15 is 0 Å². The van der Waals surface area contributed by atoms with Crippen LogP contribution in [0.4, 0.5) is 0 Å². The molecule has 2 aromatic heterocycles. The number of thiophene rings is 1. The molecular formula is C22H24N4OS. The number of pyridine rings is 1. The van der Waals surface area contributed by atoms with Crippen LogP contribution in [-0.2, 0) is 0 Å². The van der Waals surface area contributed by atoms with Gasteiger partial charge in [0.05, 0.1) is 21.7 Å². The summed E-state index contributed by atoms with van der Waals surface area (Å²) in [5, 5.41) is 6.40. The molecule has 1 atom stereocenters. The standard InChI is InChI=1S/C22H24N4OS/c27-22(26-10-7-16(15-26)25-11-8-23-9-12-25)18-14-20(21-6-3-13-28-21)24-19-5-2-1-4-17(18)19/h1-6,13-14,16,23H,7-12,15H2. The Labute approximate surface area is 169 Å². The lowest BCUT2D eigenvalue weighted by Gasteiger charge is -2.32. The molecule has 0 aliphatic carbocycles. The van der Waals surface area contributed by atoms with Crippen LogP contribution < -0.4 is 5.32 Å². The van der Waals surface area contributed by atoms with Crippen LogP contribution in [-0.4, -0.2) is 66.0 Å². The average molecular weight is 393 g/mol. The van der Waals surface area contributed by atoms with Gasteiger partial charge >= 0.3 is 0 Å². The third kappa shape index (κ3) is 3.32. The van der Waals surface area contributed by atoms with Crippen LogP contribution in [0.15, 0.2) is 47.8 Å². The SMILES string of the molecule is O=C(c1cc(-c2cccs2)nc2ccccc12)N1CCC(N2CCNCC2)C1. The van der Waals surface area contributed by atoms with Crippen LogP contribution >= 0.6 is 11.3 Å². The summed E-state index contributed by atoms with van der Waals surface area (Å²) in [6.45, 7) is 5.90. The van der Waals surface area contributed by atoms with Gasteiger partial charge in [0.15, 0.2) is 0 Å². The molecule has 5 nitrogen and oxygen atoms in total. The number of amides is 1. The summed E-state index contributed by atoms with van der Waals surface area (Å²) in [5.41, 5.74) is 2.54. The van der Waals surface area contributed by atoms with Gasteiger partial charge < -0.3 is 10.2 Å². The second kappa shape index (κ2) is 7.62. The number of rotatable bonds is 3. The molecule has 6 heteroatoms. The summed E-state index contributed by atoms with van der Waals surface area (Å²) in [7, 11) is 0. The van der Waals surface area contributed by atoms with Crippen LogP contribution in [0.25, 0.3) is 21.5 Å². The zero-order chi connectivity index (χ0) is 18.9. The van der Waals surface area contributed by atoms with E-state index in [2.05, 4.69) is 16.3 Å². The number of hydrogen-bond donors (Lipinski definition) is 1. The number of fused-ring (bicyclic) bond motifs is 1. The maximum atomic E-state index is 13.5. The van der Waals surface area contributed by atoms with E-state index in [0.717, 1.165) is 72.7 Å². The highest BCUT2D eigenvalue weighted by atomic mass is 32.1. The minimum atomic E-state index is 0.133. The Bertz CT molecular complexity index is 981. The van der Waals surface area contributed by atoms with Gasteiger partial charge in [0.2, 0.25) is 0 Å². The lowest BCUT2D eigenvalue weighted by Crippen LogP contribution is -2.49. The Hall–Kier alpha value is -2.28. The molecule has 2 aliphatic heterocycles. The molecule has 144 valence electrons. The van der Waals surface area contributed by atoms with E-state index in [4.69, 9.17) is 4.98 Å². The molecular weight excluding hydrogens is 368 g/mol. The number of carbonyl (C=O) groups is 1. The number of nitrogens with zero attached hydrogens (tertiary/aromatic N) is 3. The van der Waals surface area contributed by atoms with Gasteiger partial charge in [-0.15, -0.1) is 11.3 Å². The molecule has 2 saturated heterocycles. The molecule has 0 saturated carbocycles. The first-order valence-corrected chi connectivity index (χ1v) is 10.9. The maximum absolute atomic E-state index is 13.5. The number of hydrogen-bond acceptors (Lipinski definition) is 5. The molecule has 1 unspecified atom stereocenters. The van der Waals surface area contributed by atoms with Gasteiger partial charge in [0.25, 0.3) is 5.91 Å². The van der Waals surface area contributed by atoms with Crippen molar-refractivity contribution in [3.8, 4) is 10.6 Å². The van der Waals surface area contributed by atoms with Crippen LogP contribution in [0, 0.1) is 0 Å². The summed E-state index contributed by atoms with van der Waals surface area (Å²) < 4.78 is 0. The molecule has 3 aromatic rings. The number of nitrogens with one attached hydrogen (secondary N) is 1. The van der Waals surface area contributed by atoms with Gasteiger partial charge in [-0.05, 0) is 30.0 Å². The van der Waals surface area contributed by atoms with Crippen molar-refractivity contribution in [1.29, 1.82) is 0 Å². The third-order valence-electron chi connectivity index (χ3n) is 5.84. The summed E-state index contributed by atoms with van der Waals surface area (Å²) >= 11 is 1.66. The van der Waals surface area contributed by atoms with Crippen LogP contribution in [0.3, 0.4) is 0 Å². The van der Waals surface area contributed by atoms with Crippen molar-refractivity contribution >= 4 is 28.1 Å². The monoisotopic (exact) mass is 392 g/mol. The predicted molar refractivity (Wildman–Crippen MR) is 114 cm³/mol. The third-order valence-corrected chi connectivity index (χ3v) is 6.73. The minimum Gasteiger partial charge on any atom is -0.337 e. The van der Waals surface area contributed by atoms with Crippen LogP contribution in [0.2, 0.25) is 0 Å². The number of benzene rings is 1. The summed E-state index contributed by atoms with van der Waals surface area (Å²) in [4.78, 5) is 23.9. The highest BCUT2D eigenvalue weighted by Crippen LogP contribution is 2.29. The molecule has 0 spiro atoms. The van der Waals surface area contributed by atoms with E-state index in [1.165, 1.54) is 0 Å². The number of aromatic nitrogens is 1. The van der Waals surface area contributed by atoms with Crippen LogP contribution in [0.1, 0.15) is 16.8 Å². The normalized spacial score (nSPS) is 20.7. The Morgan fingerprint density at radius 2 is 1.96 bits per heavy atom. The van der Waals surface area contributed by atoms with Crippen molar-refractivity contribution in [2.75, 3.05) is 39.3 Å². The first-order chi connectivity index (χ1) is 13.8.